The van der Waals surface area contributed by atoms with E-state index in [1.54, 1.807) is 38.3 Å². The monoisotopic (exact) mass is 861 g/mol. The fourth-order valence-electron chi connectivity index (χ4n) is 5.62. The smallest absolute Gasteiger partial charge is 0.410 e. The quantitative estimate of drug-likeness (QED) is 0.118. The number of imidazole rings is 2. The molecule has 2 amide bonds. The van der Waals surface area contributed by atoms with Crippen LogP contribution in [-0.2, 0) is 22.6 Å². The second kappa shape index (κ2) is 18.2. The third-order valence-electron chi connectivity index (χ3n) is 8.09. The molecule has 0 atom stereocenters. The molecule has 1 aliphatic rings. The highest BCUT2D eigenvalue weighted by atomic mass is 79.9. The second-order valence-electron chi connectivity index (χ2n) is 12.8. The Labute approximate surface area is 328 Å². The number of nitrogen functional groups attached to an aromatic ring is 2. The number of nitrogens with zero attached hydrogens (tertiary/aromatic N) is 6. The van der Waals surface area contributed by atoms with Gasteiger partial charge < -0.3 is 50.2 Å². The van der Waals surface area contributed by atoms with Crippen LogP contribution in [0.15, 0.2) is 36.4 Å². The largest absolute Gasteiger partial charge is 0.494 e. The number of fused-ring (bicyclic) bond motifs is 2. The van der Waals surface area contributed by atoms with E-state index in [9.17, 15) is 14.4 Å². The molecule has 2 aromatic heterocycles. The average Bonchev–Trinajstić information content (AvgIpc) is 3.59. The zero-order valence-corrected chi connectivity index (χ0v) is 33.6. The zero-order valence-electron chi connectivity index (χ0n) is 30.2. The number of allylic oxidation sites excluding steroid dienone is 2. The number of primary amides is 1. The zero-order chi connectivity index (χ0) is 36.9. The number of carbonyl (C=O) groups excluding carboxylic acids is 3. The van der Waals surface area contributed by atoms with Crippen LogP contribution in [0.3, 0.4) is 0 Å². The van der Waals surface area contributed by atoms with Gasteiger partial charge in [-0.3, -0.25) is 9.69 Å². The summed E-state index contributed by atoms with van der Waals surface area (Å²) in [5, 5.41) is 0. The van der Waals surface area contributed by atoms with E-state index < -0.39 is 17.5 Å². The standard InChI is InChI=1S/C35H43N9O7.2BrH/c1-35(2,3)51-34(47)42-15-13-41(14-16-42)10-8-9-17-50-27-20-22(30(36)45)18-24-29(27)44(33(38)39-24)12-7-6-11-43-28-25(40-32(43)37)19-23(31(46)49-5)21-26(28)48-4;;/h6-7,18-21H,10-17H2,1-5H3,(H2,36,45)(H2,37,40)(H2,38,39);2*1H/b7-6+;;. The first-order chi connectivity index (χ1) is 24.3. The van der Waals surface area contributed by atoms with Crippen LogP contribution in [0, 0.1) is 11.8 Å². The van der Waals surface area contributed by atoms with Gasteiger partial charge in [-0.2, -0.15) is 0 Å². The number of aromatic nitrogens is 4. The Morgan fingerprint density at radius 1 is 0.830 bits per heavy atom. The number of esters is 1. The number of methoxy groups -OCH3 is 2. The van der Waals surface area contributed by atoms with E-state index in [0.29, 0.717) is 84.9 Å². The summed E-state index contributed by atoms with van der Waals surface area (Å²) in [6.45, 7) is 9.21. The number of nitrogens with two attached hydrogens (primary N) is 3. The lowest BCUT2D eigenvalue weighted by Crippen LogP contribution is -2.50. The lowest BCUT2D eigenvalue weighted by atomic mass is 10.1. The van der Waals surface area contributed by atoms with Gasteiger partial charge in [0, 0.05) is 44.8 Å². The van der Waals surface area contributed by atoms with Crippen LogP contribution in [-0.4, -0.2) is 106 Å². The van der Waals surface area contributed by atoms with Gasteiger partial charge in [-0.25, -0.2) is 19.6 Å². The van der Waals surface area contributed by atoms with Gasteiger partial charge in [0.05, 0.1) is 37.4 Å². The number of ether oxygens (including phenoxy) is 4. The van der Waals surface area contributed by atoms with Crippen LogP contribution in [0.2, 0.25) is 0 Å². The summed E-state index contributed by atoms with van der Waals surface area (Å²) < 4.78 is 25.4. The molecule has 4 aromatic rings. The fourth-order valence-corrected chi connectivity index (χ4v) is 5.62. The topological polar surface area (TPSA) is 208 Å². The Morgan fingerprint density at radius 3 is 1.91 bits per heavy atom. The molecule has 16 nitrogen and oxygen atoms in total. The molecule has 1 aliphatic heterocycles. The van der Waals surface area contributed by atoms with Crippen molar-refractivity contribution in [2.45, 2.75) is 39.5 Å². The maximum atomic E-state index is 12.3. The fraction of sp³-hybridized carbons (Fsp3) is 0.400. The summed E-state index contributed by atoms with van der Waals surface area (Å²) in [6, 6.07) is 6.29. The van der Waals surface area contributed by atoms with Crippen molar-refractivity contribution in [1.82, 2.24) is 28.9 Å². The predicted molar refractivity (Wildman–Crippen MR) is 212 cm³/mol. The first-order valence-electron chi connectivity index (χ1n) is 16.2. The van der Waals surface area contributed by atoms with Crippen molar-refractivity contribution in [3.05, 3.63) is 47.5 Å². The molecular formula is C35H45Br2N9O7. The number of hydrogen-bond acceptors (Lipinski definition) is 12. The van der Waals surface area contributed by atoms with Crippen molar-refractivity contribution in [2.75, 3.05) is 65.0 Å². The molecule has 6 N–H and O–H groups in total. The van der Waals surface area contributed by atoms with Crippen LogP contribution >= 0.6 is 34.0 Å². The van der Waals surface area contributed by atoms with Gasteiger partial charge in [0.2, 0.25) is 17.8 Å². The molecule has 5 rings (SSSR count). The minimum Gasteiger partial charge on any atom is -0.494 e. The summed E-state index contributed by atoms with van der Waals surface area (Å²) in [5.41, 5.74) is 20.3. The van der Waals surface area contributed by atoms with Gasteiger partial charge >= 0.3 is 12.1 Å². The number of halogens is 2. The Balaban J connectivity index is 0.00000378. The van der Waals surface area contributed by atoms with Crippen molar-refractivity contribution in [3.63, 3.8) is 0 Å². The van der Waals surface area contributed by atoms with E-state index in [0.717, 1.165) is 0 Å². The highest BCUT2D eigenvalue weighted by molar-refractivity contribution is 8.93. The van der Waals surface area contributed by atoms with E-state index in [-0.39, 0.29) is 64.1 Å². The van der Waals surface area contributed by atoms with Crippen molar-refractivity contribution in [3.8, 4) is 23.3 Å². The number of piperazine rings is 1. The van der Waals surface area contributed by atoms with E-state index >= 15 is 0 Å². The normalized spacial score (nSPS) is 13.2. The molecule has 53 heavy (non-hydrogen) atoms. The molecule has 1 fully saturated rings. The summed E-state index contributed by atoms with van der Waals surface area (Å²) in [4.78, 5) is 49.3. The first kappa shape index (κ1) is 42.4. The number of carbonyl (C=O) groups is 3. The Bertz CT molecular complexity index is 2050. The van der Waals surface area contributed by atoms with Gasteiger partial charge in [0.15, 0.2) is 0 Å². The Morgan fingerprint density at radius 2 is 1.38 bits per heavy atom. The summed E-state index contributed by atoms with van der Waals surface area (Å²) in [7, 11) is 2.80. The number of anilines is 2. The van der Waals surface area contributed by atoms with Crippen LogP contribution in [0.4, 0.5) is 16.7 Å². The summed E-state index contributed by atoms with van der Waals surface area (Å²) >= 11 is 0. The minimum atomic E-state index is -0.634. The lowest BCUT2D eigenvalue weighted by molar-refractivity contribution is 0.0155. The molecule has 0 spiro atoms. The molecule has 3 heterocycles. The van der Waals surface area contributed by atoms with Gasteiger partial charge in [-0.1, -0.05) is 24.0 Å². The van der Waals surface area contributed by atoms with Crippen LogP contribution in [0.25, 0.3) is 22.1 Å². The SMILES string of the molecule is Br.Br.COC(=O)c1cc(OC)c2c(c1)nc(N)n2C/C=C/Cn1c(N)nc2cc(C(N)=O)cc(OCC#CCN3CCN(C(=O)OC(C)(C)C)CC3)c21. The maximum Gasteiger partial charge on any atom is 0.410 e. The van der Waals surface area contributed by atoms with Gasteiger partial charge in [0.25, 0.3) is 0 Å². The first-order valence-corrected chi connectivity index (χ1v) is 16.2. The molecular weight excluding hydrogens is 818 g/mol. The second-order valence-corrected chi connectivity index (χ2v) is 12.8. The third-order valence-corrected chi connectivity index (χ3v) is 8.09. The third kappa shape index (κ3) is 10.1. The van der Waals surface area contributed by atoms with Crippen molar-refractivity contribution >= 4 is 85.9 Å². The minimum absolute atomic E-state index is 0. The molecule has 2 aromatic carbocycles. The van der Waals surface area contributed by atoms with Crippen molar-refractivity contribution < 1.29 is 33.3 Å². The average molecular weight is 864 g/mol. The number of amides is 2. The Kier molecular flexibility index (Phi) is 14.5. The van der Waals surface area contributed by atoms with E-state index in [4.69, 9.17) is 36.1 Å². The van der Waals surface area contributed by atoms with Crippen molar-refractivity contribution in [2.24, 2.45) is 5.73 Å². The molecule has 0 saturated carbocycles. The molecule has 1 saturated heterocycles. The van der Waals surface area contributed by atoms with E-state index in [1.165, 1.54) is 14.2 Å². The predicted octanol–water partition coefficient (Wildman–Crippen LogP) is 3.79. The van der Waals surface area contributed by atoms with Crippen molar-refractivity contribution in [1.29, 1.82) is 0 Å². The van der Waals surface area contributed by atoms with E-state index in [1.807, 2.05) is 32.9 Å². The summed E-state index contributed by atoms with van der Waals surface area (Å²) in [6.07, 6.45) is 3.45. The Hall–Kier alpha value is -4.99. The van der Waals surface area contributed by atoms with Gasteiger partial charge in [-0.05, 0) is 45.0 Å². The lowest BCUT2D eigenvalue weighted by Gasteiger charge is -2.34. The maximum absolute atomic E-state index is 12.3. The van der Waals surface area contributed by atoms with Crippen LogP contribution in [0.5, 0.6) is 11.5 Å². The number of hydrogen-bond donors (Lipinski definition) is 3. The molecule has 18 heteroatoms. The van der Waals surface area contributed by atoms with Gasteiger partial charge in [0.1, 0.15) is 34.7 Å². The van der Waals surface area contributed by atoms with E-state index in [2.05, 4.69) is 26.7 Å². The molecule has 0 unspecified atom stereocenters. The highest BCUT2D eigenvalue weighted by Gasteiger charge is 2.25. The number of benzene rings is 2. The van der Waals surface area contributed by atoms with Crippen LogP contribution < -0.4 is 26.7 Å². The molecule has 0 aliphatic carbocycles. The molecule has 286 valence electrons. The highest BCUT2D eigenvalue weighted by Crippen LogP contribution is 2.31. The molecule has 0 radical (unpaired) electrons. The summed E-state index contributed by atoms with van der Waals surface area (Å²) in [5.74, 6) is 6.23. The molecule has 0 bridgehead atoms. The van der Waals surface area contributed by atoms with Gasteiger partial charge in [-0.15, -0.1) is 34.0 Å². The number of rotatable bonds is 10. The van der Waals surface area contributed by atoms with Crippen LogP contribution in [0.1, 0.15) is 41.5 Å².